The summed E-state index contributed by atoms with van der Waals surface area (Å²) in [6.07, 6.45) is 3.73. The molecule has 0 radical (unpaired) electrons. The van der Waals surface area contributed by atoms with Gasteiger partial charge in [-0.2, -0.15) is 0 Å². The Morgan fingerprint density at radius 1 is 0.714 bits per heavy atom. The molecule has 0 spiro atoms. The molecule has 0 aromatic heterocycles. The molecule has 3 nitrogen and oxygen atoms in total. The first kappa shape index (κ1) is 20.9. The fraction of sp³-hybridized carbons (Fsp3) is 1.00. The van der Waals surface area contributed by atoms with Gasteiger partial charge >= 0.3 is 0 Å². The first-order chi connectivity index (χ1) is 9.81. The van der Waals surface area contributed by atoms with Crippen molar-refractivity contribution >= 4 is 0 Å². The molecule has 128 valence electrons. The second-order valence-corrected chi connectivity index (χ2v) is 7.75. The standard InChI is InChI=1S/C18H39NO2/c1-15(2)11-18(12-16(3)4,13-17(5)6)14-21-10-9-20-8-7-19/h15-17H,7-14,19H2,1-6H3. The summed E-state index contributed by atoms with van der Waals surface area (Å²) in [6, 6.07) is 0. The van der Waals surface area contributed by atoms with E-state index in [1.807, 2.05) is 0 Å². The topological polar surface area (TPSA) is 44.5 Å². The van der Waals surface area contributed by atoms with Gasteiger partial charge in [0.25, 0.3) is 0 Å². The summed E-state index contributed by atoms with van der Waals surface area (Å²) in [6.45, 7) is 17.3. The van der Waals surface area contributed by atoms with Gasteiger partial charge in [0.1, 0.15) is 0 Å². The maximum absolute atomic E-state index is 5.98. The molecule has 3 heteroatoms. The summed E-state index contributed by atoms with van der Waals surface area (Å²) < 4.78 is 11.4. The predicted molar refractivity (Wildman–Crippen MR) is 91.5 cm³/mol. The van der Waals surface area contributed by atoms with Gasteiger partial charge in [0.15, 0.2) is 0 Å². The van der Waals surface area contributed by atoms with E-state index in [0.29, 0.717) is 49.5 Å². The molecule has 0 heterocycles. The van der Waals surface area contributed by atoms with E-state index in [-0.39, 0.29) is 0 Å². The minimum atomic E-state index is 0.310. The number of rotatable bonds is 13. The van der Waals surface area contributed by atoms with Crippen LogP contribution in [0.15, 0.2) is 0 Å². The zero-order chi connectivity index (χ0) is 16.3. The van der Waals surface area contributed by atoms with Crippen LogP contribution in [0.2, 0.25) is 0 Å². The highest BCUT2D eigenvalue weighted by molar-refractivity contribution is 4.83. The number of ether oxygens (including phenoxy) is 2. The molecule has 0 bridgehead atoms. The van der Waals surface area contributed by atoms with E-state index in [1.165, 1.54) is 19.3 Å². The van der Waals surface area contributed by atoms with E-state index in [1.54, 1.807) is 0 Å². The molecule has 0 atom stereocenters. The molecule has 0 aliphatic heterocycles. The average Bonchev–Trinajstić information content (AvgIpc) is 2.30. The fourth-order valence-electron chi connectivity index (χ4n) is 3.62. The molecular formula is C18H39NO2. The van der Waals surface area contributed by atoms with Crippen LogP contribution in [-0.2, 0) is 9.47 Å². The first-order valence-electron chi connectivity index (χ1n) is 8.67. The van der Waals surface area contributed by atoms with Crippen molar-refractivity contribution in [3.05, 3.63) is 0 Å². The van der Waals surface area contributed by atoms with Crippen LogP contribution in [-0.4, -0.2) is 33.0 Å². The molecular weight excluding hydrogens is 262 g/mol. The van der Waals surface area contributed by atoms with Gasteiger partial charge in [0.2, 0.25) is 0 Å². The number of hydrogen-bond donors (Lipinski definition) is 1. The van der Waals surface area contributed by atoms with Gasteiger partial charge in [0, 0.05) is 6.54 Å². The Morgan fingerprint density at radius 2 is 1.14 bits per heavy atom. The van der Waals surface area contributed by atoms with Crippen LogP contribution < -0.4 is 5.73 Å². The number of hydrogen-bond acceptors (Lipinski definition) is 3. The summed E-state index contributed by atoms with van der Waals surface area (Å²) >= 11 is 0. The zero-order valence-corrected chi connectivity index (χ0v) is 15.3. The van der Waals surface area contributed by atoms with Gasteiger partial charge < -0.3 is 15.2 Å². The molecule has 0 amide bonds. The Labute approximate surface area is 133 Å². The molecule has 0 aromatic rings. The molecule has 0 aliphatic rings. The van der Waals surface area contributed by atoms with Crippen LogP contribution in [0.25, 0.3) is 0 Å². The SMILES string of the molecule is CC(C)CC(COCCOCCN)(CC(C)C)CC(C)C. The third-order valence-corrected chi connectivity index (χ3v) is 3.57. The van der Waals surface area contributed by atoms with Crippen molar-refractivity contribution in [3.63, 3.8) is 0 Å². The molecule has 2 N–H and O–H groups in total. The van der Waals surface area contributed by atoms with E-state index < -0.39 is 0 Å². The van der Waals surface area contributed by atoms with Crippen LogP contribution in [0, 0.1) is 23.2 Å². The largest absolute Gasteiger partial charge is 0.378 e. The van der Waals surface area contributed by atoms with Crippen LogP contribution >= 0.6 is 0 Å². The lowest BCUT2D eigenvalue weighted by molar-refractivity contribution is -0.0190. The van der Waals surface area contributed by atoms with Crippen LogP contribution in [0.3, 0.4) is 0 Å². The van der Waals surface area contributed by atoms with E-state index >= 15 is 0 Å². The molecule has 21 heavy (non-hydrogen) atoms. The zero-order valence-electron chi connectivity index (χ0n) is 15.3. The molecule has 0 saturated carbocycles. The third kappa shape index (κ3) is 11.1. The van der Waals surface area contributed by atoms with Crippen molar-refractivity contribution in [1.29, 1.82) is 0 Å². The van der Waals surface area contributed by atoms with E-state index in [2.05, 4.69) is 41.5 Å². The second-order valence-electron chi connectivity index (χ2n) is 7.75. The Morgan fingerprint density at radius 3 is 1.52 bits per heavy atom. The quantitative estimate of drug-likeness (QED) is 0.521. The van der Waals surface area contributed by atoms with E-state index in [4.69, 9.17) is 15.2 Å². The number of nitrogens with two attached hydrogens (primary N) is 1. The van der Waals surface area contributed by atoms with Crippen LogP contribution in [0.4, 0.5) is 0 Å². The summed E-state index contributed by atoms with van der Waals surface area (Å²) in [5.74, 6) is 2.12. The van der Waals surface area contributed by atoms with Crippen LogP contribution in [0.5, 0.6) is 0 Å². The monoisotopic (exact) mass is 301 g/mol. The summed E-state index contributed by atoms with van der Waals surface area (Å²) in [5.41, 5.74) is 5.72. The minimum absolute atomic E-state index is 0.310. The van der Waals surface area contributed by atoms with Gasteiger partial charge in [-0.15, -0.1) is 0 Å². The highest BCUT2D eigenvalue weighted by Gasteiger charge is 2.32. The predicted octanol–water partition coefficient (Wildman–Crippen LogP) is 4.10. The van der Waals surface area contributed by atoms with Crippen molar-refractivity contribution in [2.24, 2.45) is 28.9 Å². The molecule has 0 saturated heterocycles. The van der Waals surface area contributed by atoms with Crippen LogP contribution in [0.1, 0.15) is 60.8 Å². The van der Waals surface area contributed by atoms with Crippen molar-refractivity contribution in [2.75, 3.05) is 33.0 Å². The van der Waals surface area contributed by atoms with Gasteiger partial charge in [0.05, 0.1) is 26.4 Å². The van der Waals surface area contributed by atoms with E-state index in [9.17, 15) is 0 Å². The molecule has 0 fully saturated rings. The molecule has 0 unspecified atom stereocenters. The summed E-state index contributed by atoms with van der Waals surface area (Å²) in [4.78, 5) is 0. The van der Waals surface area contributed by atoms with E-state index in [0.717, 1.165) is 6.61 Å². The molecule has 0 aliphatic carbocycles. The summed E-state index contributed by atoms with van der Waals surface area (Å²) in [5, 5.41) is 0. The average molecular weight is 302 g/mol. The van der Waals surface area contributed by atoms with Gasteiger partial charge in [-0.1, -0.05) is 41.5 Å². The molecule has 0 rings (SSSR count). The highest BCUT2D eigenvalue weighted by atomic mass is 16.5. The maximum atomic E-state index is 5.98. The minimum Gasteiger partial charge on any atom is -0.378 e. The Hall–Kier alpha value is -0.120. The summed E-state index contributed by atoms with van der Waals surface area (Å²) in [7, 11) is 0. The van der Waals surface area contributed by atoms with Gasteiger partial charge in [-0.25, -0.2) is 0 Å². The van der Waals surface area contributed by atoms with Crippen molar-refractivity contribution in [2.45, 2.75) is 60.8 Å². The van der Waals surface area contributed by atoms with Gasteiger partial charge in [-0.3, -0.25) is 0 Å². The smallest absolute Gasteiger partial charge is 0.0701 e. The Kier molecular flexibility index (Phi) is 11.4. The third-order valence-electron chi connectivity index (χ3n) is 3.57. The highest BCUT2D eigenvalue weighted by Crippen LogP contribution is 2.40. The maximum Gasteiger partial charge on any atom is 0.0701 e. The lowest BCUT2D eigenvalue weighted by atomic mass is 9.70. The molecule has 0 aromatic carbocycles. The van der Waals surface area contributed by atoms with Crippen molar-refractivity contribution in [3.8, 4) is 0 Å². The lowest BCUT2D eigenvalue weighted by Gasteiger charge is -2.38. The van der Waals surface area contributed by atoms with Crippen molar-refractivity contribution < 1.29 is 9.47 Å². The lowest BCUT2D eigenvalue weighted by Crippen LogP contribution is -2.33. The Bertz CT molecular complexity index is 213. The normalized spacial score (nSPS) is 12.9. The Balaban J connectivity index is 4.51. The van der Waals surface area contributed by atoms with Crippen molar-refractivity contribution in [1.82, 2.24) is 0 Å². The fourth-order valence-corrected chi connectivity index (χ4v) is 3.62. The van der Waals surface area contributed by atoms with Gasteiger partial charge in [-0.05, 0) is 42.4 Å². The second kappa shape index (κ2) is 11.4. The first-order valence-corrected chi connectivity index (χ1v) is 8.67.